The van der Waals surface area contributed by atoms with Gasteiger partial charge in [0, 0.05) is 12.7 Å². The van der Waals surface area contributed by atoms with Gasteiger partial charge in [-0.1, -0.05) is 30.3 Å². The van der Waals surface area contributed by atoms with E-state index in [4.69, 9.17) is 4.74 Å². The lowest BCUT2D eigenvalue weighted by Gasteiger charge is -2.29. The fourth-order valence-corrected chi connectivity index (χ4v) is 2.44. The SMILES string of the molecule is CO[C@](C)(CNC(=O)c1ccccc1C(F)(F)F)c1ccccc1F. The van der Waals surface area contributed by atoms with Crippen LogP contribution in [0.1, 0.15) is 28.4 Å². The maximum Gasteiger partial charge on any atom is 0.417 e. The highest BCUT2D eigenvalue weighted by molar-refractivity contribution is 5.95. The van der Waals surface area contributed by atoms with Gasteiger partial charge in [0.25, 0.3) is 5.91 Å². The Morgan fingerprint density at radius 3 is 2.16 bits per heavy atom. The molecule has 7 heteroatoms. The number of nitrogens with one attached hydrogen (secondary N) is 1. The molecule has 1 atom stereocenters. The summed E-state index contributed by atoms with van der Waals surface area (Å²) in [5.74, 6) is -1.44. The fourth-order valence-electron chi connectivity index (χ4n) is 2.44. The Labute approximate surface area is 142 Å². The second-order valence-corrected chi connectivity index (χ2v) is 5.64. The number of hydrogen-bond acceptors (Lipinski definition) is 2. The average molecular weight is 355 g/mol. The van der Waals surface area contributed by atoms with Crippen molar-refractivity contribution in [1.29, 1.82) is 0 Å². The van der Waals surface area contributed by atoms with Gasteiger partial charge < -0.3 is 10.1 Å². The predicted octanol–water partition coefficient (Wildman–Crippen LogP) is 4.14. The first-order chi connectivity index (χ1) is 11.7. The molecule has 0 saturated carbocycles. The van der Waals surface area contributed by atoms with Crippen LogP contribution in [0.15, 0.2) is 48.5 Å². The normalized spacial score (nSPS) is 14.0. The summed E-state index contributed by atoms with van der Waals surface area (Å²) in [5.41, 5.74) is -2.56. The highest BCUT2D eigenvalue weighted by Crippen LogP contribution is 2.32. The number of methoxy groups -OCH3 is 1. The quantitative estimate of drug-likeness (QED) is 0.819. The van der Waals surface area contributed by atoms with Gasteiger partial charge in [-0.3, -0.25) is 4.79 Å². The summed E-state index contributed by atoms with van der Waals surface area (Å²) in [6.45, 7) is 1.34. The second-order valence-electron chi connectivity index (χ2n) is 5.64. The van der Waals surface area contributed by atoms with E-state index < -0.39 is 34.6 Å². The molecular formula is C18H17F4NO2. The molecule has 2 aromatic carbocycles. The number of halogens is 4. The third-order valence-electron chi connectivity index (χ3n) is 3.96. The van der Waals surface area contributed by atoms with Gasteiger partial charge >= 0.3 is 6.18 Å². The fraction of sp³-hybridized carbons (Fsp3) is 0.278. The molecule has 1 N–H and O–H groups in total. The zero-order valence-electron chi connectivity index (χ0n) is 13.7. The van der Waals surface area contributed by atoms with E-state index in [0.29, 0.717) is 0 Å². The van der Waals surface area contributed by atoms with Crippen molar-refractivity contribution >= 4 is 5.91 Å². The molecule has 0 aromatic heterocycles. The van der Waals surface area contributed by atoms with Crippen molar-refractivity contribution in [1.82, 2.24) is 5.32 Å². The Bertz CT molecular complexity index is 761. The molecule has 3 nitrogen and oxygen atoms in total. The summed E-state index contributed by atoms with van der Waals surface area (Å²) in [5, 5.41) is 2.40. The molecule has 0 spiro atoms. The Hall–Kier alpha value is -2.41. The number of ether oxygens (including phenoxy) is 1. The van der Waals surface area contributed by atoms with E-state index in [9.17, 15) is 22.4 Å². The van der Waals surface area contributed by atoms with Crippen LogP contribution in [0.2, 0.25) is 0 Å². The monoisotopic (exact) mass is 355 g/mol. The summed E-state index contributed by atoms with van der Waals surface area (Å²) in [6.07, 6.45) is -4.65. The third kappa shape index (κ3) is 4.17. The van der Waals surface area contributed by atoms with Crippen molar-refractivity contribution < 1.29 is 27.1 Å². The molecule has 0 unspecified atom stereocenters. The first-order valence-corrected chi connectivity index (χ1v) is 7.43. The van der Waals surface area contributed by atoms with Crippen molar-refractivity contribution in [3.05, 3.63) is 71.0 Å². The molecule has 0 bridgehead atoms. The zero-order valence-corrected chi connectivity index (χ0v) is 13.7. The van der Waals surface area contributed by atoms with E-state index in [0.717, 1.165) is 12.1 Å². The number of amides is 1. The largest absolute Gasteiger partial charge is 0.417 e. The molecule has 0 aliphatic heterocycles. The van der Waals surface area contributed by atoms with Crippen LogP contribution in [-0.4, -0.2) is 19.6 Å². The summed E-state index contributed by atoms with van der Waals surface area (Å²) in [7, 11) is 1.34. The number of rotatable bonds is 5. The molecule has 134 valence electrons. The topological polar surface area (TPSA) is 38.3 Å². The van der Waals surface area contributed by atoms with Gasteiger partial charge in [0.15, 0.2) is 0 Å². The van der Waals surface area contributed by atoms with Crippen LogP contribution in [0.4, 0.5) is 17.6 Å². The van der Waals surface area contributed by atoms with Crippen molar-refractivity contribution in [2.75, 3.05) is 13.7 Å². The van der Waals surface area contributed by atoms with Crippen molar-refractivity contribution in [3.63, 3.8) is 0 Å². The number of carbonyl (C=O) groups is 1. The summed E-state index contributed by atoms with van der Waals surface area (Å²) in [4.78, 5) is 12.2. The van der Waals surface area contributed by atoms with Gasteiger partial charge in [-0.15, -0.1) is 0 Å². The maximum absolute atomic E-state index is 14.0. The van der Waals surface area contributed by atoms with Crippen LogP contribution in [0, 0.1) is 5.82 Å². The van der Waals surface area contributed by atoms with Crippen LogP contribution in [-0.2, 0) is 16.5 Å². The number of carbonyl (C=O) groups excluding carboxylic acids is 1. The minimum atomic E-state index is -4.65. The number of alkyl halides is 3. The van der Waals surface area contributed by atoms with E-state index in [2.05, 4.69) is 5.32 Å². The molecule has 0 saturated heterocycles. The molecule has 0 heterocycles. The highest BCUT2D eigenvalue weighted by Gasteiger charge is 2.36. The molecule has 0 aliphatic rings. The van der Waals surface area contributed by atoms with Gasteiger partial charge in [0.05, 0.1) is 17.7 Å². The van der Waals surface area contributed by atoms with Crippen molar-refractivity contribution in [2.24, 2.45) is 0 Å². The molecule has 2 aromatic rings. The lowest BCUT2D eigenvalue weighted by Crippen LogP contribution is -2.41. The summed E-state index contributed by atoms with van der Waals surface area (Å²) >= 11 is 0. The van der Waals surface area contributed by atoms with E-state index in [-0.39, 0.29) is 12.1 Å². The van der Waals surface area contributed by atoms with Crippen LogP contribution in [0.5, 0.6) is 0 Å². The standard InChI is InChI=1S/C18H17F4NO2/c1-17(25-2,14-9-5-6-10-15(14)19)11-23-16(24)12-7-3-4-8-13(12)18(20,21)22/h3-10H,11H2,1-2H3,(H,23,24)/t17-/m1/s1. The minimum absolute atomic E-state index is 0.196. The Morgan fingerprint density at radius 1 is 1.04 bits per heavy atom. The van der Waals surface area contributed by atoms with Crippen LogP contribution < -0.4 is 5.32 Å². The smallest absolute Gasteiger partial charge is 0.372 e. The first kappa shape index (κ1) is 18.9. The molecule has 0 aliphatic carbocycles. The van der Waals surface area contributed by atoms with Gasteiger partial charge in [-0.25, -0.2) is 4.39 Å². The molecule has 0 fully saturated rings. The molecule has 1 amide bonds. The minimum Gasteiger partial charge on any atom is -0.372 e. The second kappa shape index (κ2) is 7.23. The van der Waals surface area contributed by atoms with Gasteiger partial charge in [0.2, 0.25) is 0 Å². The Kier molecular flexibility index (Phi) is 5.47. The Morgan fingerprint density at radius 2 is 1.60 bits per heavy atom. The molecule has 25 heavy (non-hydrogen) atoms. The van der Waals surface area contributed by atoms with Crippen molar-refractivity contribution in [2.45, 2.75) is 18.7 Å². The van der Waals surface area contributed by atoms with Crippen molar-refractivity contribution in [3.8, 4) is 0 Å². The van der Waals surface area contributed by atoms with E-state index in [1.54, 1.807) is 13.0 Å². The highest BCUT2D eigenvalue weighted by atomic mass is 19.4. The predicted molar refractivity (Wildman–Crippen MR) is 84.5 cm³/mol. The van der Waals surface area contributed by atoms with E-state index in [1.165, 1.54) is 37.4 Å². The number of hydrogen-bond donors (Lipinski definition) is 1. The third-order valence-corrected chi connectivity index (χ3v) is 3.96. The van der Waals surface area contributed by atoms with Gasteiger partial charge in [-0.05, 0) is 25.1 Å². The molecule has 2 rings (SSSR count). The lowest BCUT2D eigenvalue weighted by molar-refractivity contribution is -0.137. The summed E-state index contributed by atoms with van der Waals surface area (Å²) in [6, 6.07) is 10.3. The zero-order chi connectivity index (χ0) is 18.7. The van der Waals surface area contributed by atoms with Gasteiger partial charge in [0.1, 0.15) is 11.4 Å². The molecular weight excluding hydrogens is 338 g/mol. The van der Waals surface area contributed by atoms with Crippen LogP contribution >= 0.6 is 0 Å². The van der Waals surface area contributed by atoms with E-state index >= 15 is 0 Å². The van der Waals surface area contributed by atoms with Gasteiger partial charge in [-0.2, -0.15) is 13.2 Å². The summed E-state index contributed by atoms with van der Waals surface area (Å²) < 4.78 is 58.3. The lowest BCUT2D eigenvalue weighted by atomic mass is 9.94. The van der Waals surface area contributed by atoms with Crippen LogP contribution in [0.25, 0.3) is 0 Å². The molecule has 0 radical (unpaired) electrons. The van der Waals surface area contributed by atoms with Crippen LogP contribution in [0.3, 0.4) is 0 Å². The van der Waals surface area contributed by atoms with E-state index in [1.807, 2.05) is 0 Å². The average Bonchev–Trinajstić information content (AvgIpc) is 2.59. The first-order valence-electron chi connectivity index (χ1n) is 7.43. The Balaban J connectivity index is 2.23. The maximum atomic E-state index is 14.0. The number of benzene rings is 2.